The molecule has 5 nitrogen and oxygen atoms in total. The minimum Gasteiger partial charge on any atom is -0.381 e. The lowest BCUT2D eigenvalue weighted by Crippen LogP contribution is -2.41. The van der Waals surface area contributed by atoms with Gasteiger partial charge in [-0.2, -0.15) is 0 Å². The van der Waals surface area contributed by atoms with Gasteiger partial charge in [0.2, 0.25) is 5.91 Å². The second kappa shape index (κ2) is 11.5. The molecular weight excluding hydrogens is 434 g/mol. The van der Waals surface area contributed by atoms with Crippen molar-refractivity contribution in [2.45, 2.75) is 109 Å². The number of hydrogen-bond acceptors (Lipinski definition) is 3. The summed E-state index contributed by atoms with van der Waals surface area (Å²) in [5, 5.41) is 0. The lowest BCUT2D eigenvalue weighted by atomic mass is 9.82. The van der Waals surface area contributed by atoms with Gasteiger partial charge in [0.15, 0.2) is 0 Å². The third kappa shape index (κ3) is 5.60. The molecule has 3 aliphatic rings. The third-order valence-corrected chi connectivity index (χ3v) is 9.03. The number of nitrogens with zero attached hydrogens (tertiary/aromatic N) is 3. The van der Waals surface area contributed by atoms with Crippen LogP contribution in [0.5, 0.6) is 0 Å². The van der Waals surface area contributed by atoms with Gasteiger partial charge in [-0.15, -0.1) is 0 Å². The summed E-state index contributed by atoms with van der Waals surface area (Å²) < 4.78 is 8.08. The Morgan fingerprint density at radius 3 is 2.60 bits per heavy atom. The second-order valence-electron chi connectivity index (χ2n) is 11.5. The maximum atomic E-state index is 13.4. The van der Waals surface area contributed by atoms with Crippen LogP contribution >= 0.6 is 0 Å². The number of carbonyl (C=O) groups excluding carboxylic acids is 1. The van der Waals surface area contributed by atoms with E-state index in [1.165, 1.54) is 80.2 Å². The van der Waals surface area contributed by atoms with Crippen LogP contribution in [0.15, 0.2) is 18.2 Å². The van der Waals surface area contributed by atoms with E-state index in [0.29, 0.717) is 30.2 Å². The molecule has 2 aliphatic carbocycles. The number of amides is 1. The molecule has 5 heteroatoms. The quantitative estimate of drug-likeness (QED) is 0.435. The Kier molecular flexibility index (Phi) is 8.11. The van der Waals surface area contributed by atoms with Crippen molar-refractivity contribution in [2.75, 3.05) is 19.8 Å². The highest BCUT2D eigenvalue weighted by Gasteiger charge is 2.28. The summed E-state index contributed by atoms with van der Waals surface area (Å²) in [5.74, 6) is 3.48. The number of carbonyl (C=O) groups is 1. The Labute approximate surface area is 211 Å². The first-order valence-corrected chi connectivity index (χ1v) is 14.5. The molecule has 0 unspecified atom stereocenters. The normalized spacial score (nSPS) is 25.8. The van der Waals surface area contributed by atoms with E-state index in [-0.39, 0.29) is 0 Å². The number of fused-ring (bicyclic) bond motifs is 1. The van der Waals surface area contributed by atoms with Crippen molar-refractivity contribution in [1.29, 1.82) is 0 Å². The SMILES string of the molecule is CCN(C(=O)CCn1c2cccc(C[C@H]3CCOC3)c2nc1[C@H]1CC[C@H](C)CC1)C1CCCCC1. The molecule has 1 aliphatic heterocycles. The topological polar surface area (TPSA) is 47.4 Å². The molecular formula is C30H45N3O2. The number of aromatic nitrogens is 2. The second-order valence-corrected chi connectivity index (χ2v) is 11.5. The van der Waals surface area contributed by atoms with Crippen LogP contribution in [0.4, 0.5) is 0 Å². The van der Waals surface area contributed by atoms with Gasteiger partial charge >= 0.3 is 0 Å². The van der Waals surface area contributed by atoms with Crippen molar-refractivity contribution in [3.05, 3.63) is 29.6 Å². The van der Waals surface area contributed by atoms with Crippen LogP contribution in [0.2, 0.25) is 0 Å². The molecule has 5 rings (SSSR count). The van der Waals surface area contributed by atoms with Crippen molar-refractivity contribution in [3.63, 3.8) is 0 Å². The molecule has 192 valence electrons. The number of aryl methyl sites for hydroxylation is 1. The van der Waals surface area contributed by atoms with Crippen molar-refractivity contribution < 1.29 is 9.53 Å². The minimum absolute atomic E-state index is 0.323. The van der Waals surface area contributed by atoms with E-state index in [1.54, 1.807) is 0 Å². The summed E-state index contributed by atoms with van der Waals surface area (Å²) in [6.45, 7) is 7.85. The largest absolute Gasteiger partial charge is 0.381 e. The molecule has 2 heterocycles. The van der Waals surface area contributed by atoms with Crippen molar-refractivity contribution in [3.8, 4) is 0 Å². The molecule has 1 atom stereocenters. The van der Waals surface area contributed by atoms with Gasteiger partial charge in [0.1, 0.15) is 5.82 Å². The summed E-state index contributed by atoms with van der Waals surface area (Å²) in [4.78, 5) is 20.9. The first kappa shape index (κ1) is 24.8. The molecule has 1 aromatic heterocycles. The molecule has 1 saturated heterocycles. The van der Waals surface area contributed by atoms with Crippen LogP contribution in [0, 0.1) is 11.8 Å². The smallest absolute Gasteiger partial charge is 0.224 e. The predicted octanol–water partition coefficient (Wildman–Crippen LogP) is 6.48. The lowest BCUT2D eigenvalue weighted by molar-refractivity contribution is -0.134. The lowest BCUT2D eigenvalue weighted by Gasteiger charge is -2.34. The molecule has 35 heavy (non-hydrogen) atoms. The highest BCUT2D eigenvalue weighted by Crippen LogP contribution is 2.37. The summed E-state index contributed by atoms with van der Waals surface area (Å²) in [5.41, 5.74) is 3.74. The first-order valence-electron chi connectivity index (χ1n) is 14.5. The van der Waals surface area contributed by atoms with E-state index < -0.39 is 0 Å². The molecule has 1 amide bonds. The maximum absolute atomic E-state index is 13.4. The van der Waals surface area contributed by atoms with Gasteiger partial charge in [0.25, 0.3) is 0 Å². The fraction of sp³-hybridized carbons (Fsp3) is 0.733. The van der Waals surface area contributed by atoms with Crippen LogP contribution < -0.4 is 0 Å². The average Bonchev–Trinajstić information content (AvgIpc) is 3.53. The van der Waals surface area contributed by atoms with E-state index in [0.717, 1.165) is 45.1 Å². The summed E-state index contributed by atoms with van der Waals surface area (Å²) in [6, 6.07) is 7.13. The first-order chi connectivity index (χ1) is 17.1. The van der Waals surface area contributed by atoms with Gasteiger partial charge in [-0.05, 0) is 68.9 Å². The maximum Gasteiger partial charge on any atom is 0.224 e. The number of rotatable bonds is 8. The van der Waals surface area contributed by atoms with Gasteiger partial charge in [0, 0.05) is 44.7 Å². The average molecular weight is 480 g/mol. The molecule has 3 fully saturated rings. The molecule has 0 bridgehead atoms. The van der Waals surface area contributed by atoms with Crippen LogP contribution in [-0.4, -0.2) is 46.2 Å². The van der Waals surface area contributed by atoms with Crippen molar-refractivity contribution >= 4 is 16.9 Å². The molecule has 2 saturated carbocycles. The zero-order valence-corrected chi connectivity index (χ0v) is 22.0. The Balaban J connectivity index is 1.40. The third-order valence-electron chi connectivity index (χ3n) is 9.03. The van der Waals surface area contributed by atoms with Gasteiger partial charge in [-0.25, -0.2) is 4.98 Å². The number of hydrogen-bond donors (Lipinski definition) is 0. The Bertz CT molecular complexity index is 979. The summed E-state index contributed by atoms with van der Waals surface area (Å²) in [7, 11) is 0. The van der Waals surface area contributed by atoms with Crippen molar-refractivity contribution in [2.24, 2.45) is 11.8 Å². The highest BCUT2D eigenvalue weighted by atomic mass is 16.5. The Hall–Kier alpha value is -1.88. The number of ether oxygens (including phenoxy) is 1. The van der Waals surface area contributed by atoms with Gasteiger partial charge in [0.05, 0.1) is 11.0 Å². The molecule has 2 aromatic rings. The van der Waals surface area contributed by atoms with Crippen LogP contribution in [0.25, 0.3) is 11.0 Å². The van der Waals surface area contributed by atoms with Gasteiger partial charge in [-0.1, -0.05) is 51.2 Å². The van der Waals surface area contributed by atoms with E-state index in [1.807, 2.05) is 0 Å². The fourth-order valence-electron chi connectivity index (χ4n) is 6.89. The van der Waals surface area contributed by atoms with Gasteiger partial charge < -0.3 is 14.2 Å². The van der Waals surface area contributed by atoms with Crippen LogP contribution in [0.1, 0.15) is 102 Å². The van der Waals surface area contributed by atoms with E-state index in [2.05, 4.69) is 41.5 Å². The highest BCUT2D eigenvalue weighted by molar-refractivity contribution is 5.81. The number of para-hydroxylation sites is 1. The zero-order valence-electron chi connectivity index (χ0n) is 22.0. The predicted molar refractivity (Wildman–Crippen MR) is 142 cm³/mol. The summed E-state index contributed by atoms with van der Waals surface area (Å²) in [6.07, 6.45) is 14.0. The Morgan fingerprint density at radius 1 is 1.09 bits per heavy atom. The Morgan fingerprint density at radius 2 is 1.89 bits per heavy atom. The molecule has 0 N–H and O–H groups in total. The van der Waals surface area contributed by atoms with E-state index >= 15 is 0 Å². The van der Waals surface area contributed by atoms with Gasteiger partial charge in [-0.3, -0.25) is 4.79 Å². The van der Waals surface area contributed by atoms with Crippen LogP contribution in [-0.2, 0) is 22.5 Å². The fourth-order valence-corrected chi connectivity index (χ4v) is 6.89. The molecule has 1 aromatic carbocycles. The number of imidazole rings is 1. The minimum atomic E-state index is 0.323. The van der Waals surface area contributed by atoms with Crippen LogP contribution in [0.3, 0.4) is 0 Å². The van der Waals surface area contributed by atoms with E-state index in [4.69, 9.17) is 9.72 Å². The van der Waals surface area contributed by atoms with E-state index in [9.17, 15) is 4.79 Å². The molecule has 0 radical (unpaired) electrons. The molecule has 0 spiro atoms. The number of benzene rings is 1. The zero-order chi connectivity index (χ0) is 24.2. The monoisotopic (exact) mass is 479 g/mol. The standard InChI is InChI=1S/C30H45N3O2/c1-3-32(26-9-5-4-6-10-26)28(34)16-18-33-27-11-7-8-25(20-23-17-19-35-21-23)29(27)31-30(33)24-14-12-22(2)13-15-24/h7-8,11,22-24,26H,3-6,9-10,12-21H2,1-2H3/t22-,23-,24-/m1/s1. The van der Waals surface area contributed by atoms with Crippen molar-refractivity contribution in [1.82, 2.24) is 14.5 Å². The summed E-state index contributed by atoms with van der Waals surface area (Å²) >= 11 is 0.